The van der Waals surface area contributed by atoms with E-state index < -0.39 is 0 Å². The van der Waals surface area contributed by atoms with Crippen LogP contribution in [0.25, 0.3) is 11.3 Å². The molecule has 0 radical (unpaired) electrons. The maximum atomic E-state index is 12.7. The van der Waals surface area contributed by atoms with E-state index >= 15 is 0 Å². The minimum atomic E-state index is -0.358. The largest absolute Gasteiger partial charge is 0.493 e. The fraction of sp³-hybridized carbons (Fsp3) is 0.118. The predicted molar refractivity (Wildman–Crippen MR) is 89.1 cm³/mol. The molecular weight excluding hydrogens is 308 g/mol. The zero-order valence-electron chi connectivity index (χ0n) is 13.3. The summed E-state index contributed by atoms with van der Waals surface area (Å²) in [6.45, 7) is 0. The molecule has 0 atom stereocenters. The second-order valence-corrected chi connectivity index (χ2v) is 4.98. The molecule has 1 aromatic carbocycles. The first-order chi connectivity index (χ1) is 11.6. The molecule has 0 saturated carbocycles. The SMILES string of the molecule is COc1ccc(C(=O)n2nc(-c3cccnc3)cc2N)cc1OC. The van der Waals surface area contributed by atoms with E-state index in [1.54, 1.807) is 42.7 Å². The maximum absolute atomic E-state index is 12.7. The lowest BCUT2D eigenvalue weighted by Gasteiger charge is -2.09. The molecule has 0 spiro atoms. The number of benzene rings is 1. The maximum Gasteiger partial charge on any atom is 0.280 e. The highest BCUT2D eigenvalue weighted by Gasteiger charge is 2.17. The Kier molecular flexibility index (Phi) is 4.15. The van der Waals surface area contributed by atoms with Gasteiger partial charge in [-0.2, -0.15) is 9.78 Å². The first-order valence-corrected chi connectivity index (χ1v) is 7.16. The number of methoxy groups -OCH3 is 2. The first-order valence-electron chi connectivity index (χ1n) is 7.16. The Morgan fingerprint density at radius 3 is 2.58 bits per heavy atom. The molecule has 2 aromatic heterocycles. The average molecular weight is 324 g/mol. The van der Waals surface area contributed by atoms with Crippen molar-refractivity contribution in [1.29, 1.82) is 0 Å². The molecule has 3 aromatic rings. The highest BCUT2D eigenvalue weighted by molar-refractivity contribution is 5.98. The Morgan fingerprint density at radius 1 is 1.12 bits per heavy atom. The number of nitrogens with zero attached hydrogens (tertiary/aromatic N) is 3. The van der Waals surface area contributed by atoms with Crippen LogP contribution in [0.2, 0.25) is 0 Å². The van der Waals surface area contributed by atoms with Gasteiger partial charge in [0, 0.05) is 29.6 Å². The van der Waals surface area contributed by atoms with E-state index in [-0.39, 0.29) is 11.7 Å². The molecule has 0 aliphatic carbocycles. The number of carbonyl (C=O) groups is 1. The fourth-order valence-corrected chi connectivity index (χ4v) is 2.31. The topological polar surface area (TPSA) is 92.3 Å². The smallest absolute Gasteiger partial charge is 0.280 e. The summed E-state index contributed by atoms with van der Waals surface area (Å²) in [4.78, 5) is 16.7. The number of hydrogen-bond donors (Lipinski definition) is 1. The van der Waals surface area contributed by atoms with Gasteiger partial charge in [-0.25, -0.2) is 0 Å². The standard InChI is InChI=1S/C17H16N4O3/c1-23-14-6-5-11(8-15(14)24-2)17(22)21-16(18)9-13(20-21)12-4-3-7-19-10-12/h3-10H,18H2,1-2H3. The van der Waals surface area contributed by atoms with E-state index in [0.717, 1.165) is 10.2 Å². The van der Waals surface area contributed by atoms with E-state index in [4.69, 9.17) is 15.2 Å². The monoisotopic (exact) mass is 324 g/mol. The number of ether oxygens (including phenoxy) is 2. The van der Waals surface area contributed by atoms with Gasteiger partial charge in [-0.05, 0) is 30.3 Å². The van der Waals surface area contributed by atoms with E-state index in [2.05, 4.69) is 10.1 Å². The number of rotatable bonds is 4. The molecule has 3 rings (SSSR count). The third kappa shape index (κ3) is 2.79. The Morgan fingerprint density at radius 2 is 1.92 bits per heavy atom. The van der Waals surface area contributed by atoms with Crippen LogP contribution in [0, 0.1) is 0 Å². The summed E-state index contributed by atoms with van der Waals surface area (Å²) in [7, 11) is 3.04. The summed E-state index contributed by atoms with van der Waals surface area (Å²) >= 11 is 0. The lowest BCUT2D eigenvalue weighted by Crippen LogP contribution is -2.16. The summed E-state index contributed by atoms with van der Waals surface area (Å²) in [5.74, 6) is 0.886. The van der Waals surface area contributed by atoms with Crippen molar-refractivity contribution in [3.05, 3.63) is 54.4 Å². The molecule has 24 heavy (non-hydrogen) atoms. The summed E-state index contributed by atoms with van der Waals surface area (Å²) in [6, 6.07) is 10.2. The van der Waals surface area contributed by atoms with Gasteiger partial charge >= 0.3 is 0 Å². The van der Waals surface area contributed by atoms with Crippen LogP contribution < -0.4 is 15.2 Å². The van der Waals surface area contributed by atoms with Gasteiger partial charge in [-0.1, -0.05) is 0 Å². The number of nitrogens with two attached hydrogens (primary N) is 1. The van der Waals surface area contributed by atoms with Gasteiger partial charge in [0.15, 0.2) is 11.5 Å². The lowest BCUT2D eigenvalue weighted by atomic mass is 10.2. The zero-order valence-corrected chi connectivity index (χ0v) is 13.3. The number of nitrogen functional groups attached to an aromatic ring is 1. The van der Waals surface area contributed by atoms with Crippen LogP contribution in [-0.4, -0.2) is 34.9 Å². The minimum Gasteiger partial charge on any atom is -0.493 e. The lowest BCUT2D eigenvalue weighted by molar-refractivity contribution is 0.0948. The highest BCUT2D eigenvalue weighted by Crippen LogP contribution is 2.28. The molecule has 0 unspecified atom stereocenters. The van der Waals surface area contributed by atoms with Crippen molar-refractivity contribution in [2.24, 2.45) is 0 Å². The molecular formula is C17H16N4O3. The van der Waals surface area contributed by atoms with E-state index in [0.29, 0.717) is 22.8 Å². The van der Waals surface area contributed by atoms with Crippen LogP contribution in [0.3, 0.4) is 0 Å². The van der Waals surface area contributed by atoms with E-state index in [1.165, 1.54) is 14.2 Å². The second-order valence-electron chi connectivity index (χ2n) is 4.98. The van der Waals surface area contributed by atoms with Crippen molar-refractivity contribution in [1.82, 2.24) is 14.8 Å². The Balaban J connectivity index is 1.98. The molecule has 7 heteroatoms. The molecule has 0 bridgehead atoms. The summed E-state index contributed by atoms with van der Waals surface area (Å²) in [5, 5.41) is 4.28. The Hall–Kier alpha value is -3.35. The minimum absolute atomic E-state index is 0.244. The van der Waals surface area contributed by atoms with Crippen molar-refractivity contribution in [3.8, 4) is 22.8 Å². The van der Waals surface area contributed by atoms with Crippen LogP contribution in [0.4, 0.5) is 5.82 Å². The Labute approximate surface area is 138 Å². The summed E-state index contributed by atoms with van der Waals surface area (Å²) in [6.07, 6.45) is 3.33. The molecule has 0 saturated heterocycles. The number of anilines is 1. The van der Waals surface area contributed by atoms with Crippen LogP contribution in [0.15, 0.2) is 48.8 Å². The molecule has 2 N–H and O–H groups in total. The van der Waals surface area contributed by atoms with Gasteiger partial charge in [-0.15, -0.1) is 0 Å². The quantitative estimate of drug-likeness (QED) is 0.791. The van der Waals surface area contributed by atoms with Gasteiger partial charge < -0.3 is 15.2 Å². The van der Waals surface area contributed by atoms with Crippen molar-refractivity contribution < 1.29 is 14.3 Å². The molecule has 7 nitrogen and oxygen atoms in total. The normalized spacial score (nSPS) is 10.4. The van der Waals surface area contributed by atoms with Crippen molar-refractivity contribution >= 4 is 11.7 Å². The number of carbonyl (C=O) groups excluding carboxylic acids is 1. The first kappa shape index (κ1) is 15.5. The second kappa shape index (κ2) is 6.41. The van der Waals surface area contributed by atoms with Gasteiger partial charge in [0.2, 0.25) is 0 Å². The van der Waals surface area contributed by atoms with E-state index in [1.807, 2.05) is 6.07 Å². The molecule has 2 heterocycles. The van der Waals surface area contributed by atoms with E-state index in [9.17, 15) is 4.79 Å². The highest BCUT2D eigenvalue weighted by atomic mass is 16.5. The van der Waals surface area contributed by atoms with Crippen molar-refractivity contribution in [3.63, 3.8) is 0 Å². The van der Waals surface area contributed by atoms with Crippen LogP contribution in [0.5, 0.6) is 11.5 Å². The van der Waals surface area contributed by atoms with Crippen molar-refractivity contribution in [2.45, 2.75) is 0 Å². The molecule has 0 fully saturated rings. The number of pyridine rings is 1. The molecule has 0 aliphatic heterocycles. The molecule has 0 amide bonds. The van der Waals surface area contributed by atoms with Crippen LogP contribution in [-0.2, 0) is 0 Å². The van der Waals surface area contributed by atoms with Gasteiger partial charge in [0.25, 0.3) is 5.91 Å². The van der Waals surface area contributed by atoms with Crippen LogP contribution >= 0.6 is 0 Å². The summed E-state index contributed by atoms with van der Waals surface area (Å²) < 4.78 is 11.5. The number of hydrogen-bond acceptors (Lipinski definition) is 6. The van der Waals surface area contributed by atoms with Gasteiger partial charge in [0.05, 0.1) is 19.9 Å². The van der Waals surface area contributed by atoms with Crippen molar-refractivity contribution in [2.75, 3.05) is 20.0 Å². The third-order valence-corrected chi connectivity index (χ3v) is 3.52. The zero-order chi connectivity index (χ0) is 17.1. The summed E-state index contributed by atoms with van der Waals surface area (Å²) in [5.41, 5.74) is 7.69. The fourth-order valence-electron chi connectivity index (χ4n) is 2.31. The van der Waals surface area contributed by atoms with Crippen LogP contribution in [0.1, 0.15) is 10.4 Å². The third-order valence-electron chi connectivity index (χ3n) is 3.52. The molecule has 122 valence electrons. The number of aromatic nitrogens is 3. The predicted octanol–water partition coefficient (Wildman–Crippen LogP) is 2.23. The molecule has 0 aliphatic rings. The van der Waals surface area contributed by atoms with Gasteiger partial charge in [0.1, 0.15) is 5.82 Å². The van der Waals surface area contributed by atoms with Gasteiger partial charge in [-0.3, -0.25) is 9.78 Å². The average Bonchev–Trinajstić information content (AvgIpc) is 3.03. The Bertz CT molecular complexity index is 875.